The zero-order valence-electron chi connectivity index (χ0n) is 4.77. The lowest BCUT2D eigenvalue weighted by molar-refractivity contribution is 0.350. The predicted octanol–water partition coefficient (Wildman–Crippen LogP) is 1.42. The van der Waals surface area contributed by atoms with Crippen molar-refractivity contribution in [1.82, 2.24) is 0 Å². The molecule has 0 saturated heterocycles. The fourth-order valence-electron chi connectivity index (χ4n) is 0.648. The molecule has 0 aromatic carbocycles. The van der Waals surface area contributed by atoms with Crippen LogP contribution in [0.15, 0.2) is 23.7 Å². The van der Waals surface area contributed by atoms with Gasteiger partial charge < -0.3 is 5.73 Å². The lowest BCUT2D eigenvalue weighted by Crippen LogP contribution is -2.15. The van der Waals surface area contributed by atoms with Gasteiger partial charge in [0.05, 0.1) is 0 Å². The van der Waals surface area contributed by atoms with Gasteiger partial charge in [0.25, 0.3) is 0 Å². The first-order chi connectivity index (χ1) is 4.20. The van der Waals surface area contributed by atoms with E-state index in [1.807, 2.05) is 0 Å². The van der Waals surface area contributed by atoms with Gasteiger partial charge in [-0.25, -0.2) is 8.78 Å². The van der Waals surface area contributed by atoms with E-state index in [0.29, 0.717) is 0 Å². The number of hydrogen-bond acceptors (Lipinski definition) is 1. The van der Waals surface area contributed by atoms with Gasteiger partial charge in [0.1, 0.15) is 12.0 Å². The van der Waals surface area contributed by atoms with E-state index in [2.05, 4.69) is 0 Å². The largest absolute Gasteiger partial charge is 0.400 e. The zero-order chi connectivity index (χ0) is 6.85. The Morgan fingerprint density at radius 2 is 2.22 bits per heavy atom. The molecule has 0 saturated carbocycles. The molecule has 0 radical (unpaired) electrons. The minimum absolute atomic E-state index is 0.108. The molecule has 1 nitrogen and oxygen atoms in total. The van der Waals surface area contributed by atoms with Crippen molar-refractivity contribution in [2.45, 2.75) is 12.6 Å². The summed E-state index contributed by atoms with van der Waals surface area (Å²) >= 11 is 0. The van der Waals surface area contributed by atoms with Crippen LogP contribution in [0.4, 0.5) is 8.78 Å². The van der Waals surface area contributed by atoms with Crippen molar-refractivity contribution in [1.29, 1.82) is 0 Å². The smallest absolute Gasteiger partial charge is 0.145 e. The minimum atomic E-state index is -1.32. The number of allylic oxidation sites excluding steroid dienone is 4. The van der Waals surface area contributed by atoms with Crippen LogP contribution in [0.25, 0.3) is 0 Å². The van der Waals surface area contributed by atoms with Crippen LogP contribution in [-0.2, 0) is 0 Å². The van der Waals surface area contributed by atoms with Gasteiger partial charge in [-0.05, 0) is 12.2 Å². The molecule has 0 spiro atoms. The number of nitrogens with two attached hydrogens (primary N) is 1. The summed E-state index contributed by atoms with van der Waals surface area (Å²) in [7, 11) is 0. The molecule has 1 rings (SSSR count). The molecule has 9 heavy (non-hydrogen) atoms. The maximum atomic E-state index is 12.4. The average molecular weight is 131 g/mol. The van der Waals surface area contributed by atoms with Crippen molar-refractivity contribution < 1.29 is 8.78 Å². The van der Waals surface area contributed by atoms with Crippen molar-refractivity contribution in [3.63, 3.8) is 0 Å². The van der Waals surface area contributed by atoms with Crippen LogP contribution in [0.5, 0.6) is 0 Å². The highest BCUT2D eigenvalue weighted by molar-refractivity contribution is 5.22. The topological polar surface area (TPSA) is 26.0 Å². The monoisotopic (exact) mass is 131 g/mol. The third kappa shape index (κ3) is 1.28. The molecule has 0 aromatic rings. The van der Waals surface area contributed by atoms with Crippen LogP contribution >= 0.6 is 0 Å². The molecule has 0 heterocycles. The van der Waals surface area contributed by atoms with Crippen molar-refractivity contribution >= 4 is 0 Å². The Hall–Kier alpha value is -0.860. The normalized spacial score (nSPS) is 27.1. The summed E-state index contributed by atoms with van der Waals surface area (Å²) in [5.41, 5.74) is 5.22. The molecular formula is C6H7F2N. The Morgan fingerprint density at radius 3 is 2.67 bits per heavy atom. The predicted molar refractivity (Wildman–Crippen MR) is 31.0 cm³/mol. The van der Waals surface area contributed by atoms with Gasteiger partial charge in [-0.15, -0.1) is 0 Å². The van der Waals surface area contributed by atoms with Crippen molar-refractivity contribution in [3.8, 4) is 0 Å². The molecule has 50 valence electrons. The fraction of sp³-hybridized carbons (Fsp3) is 0.333. The van der Waals surface area contributed by atoms with E-state index in [0.717, 1.165) is 0 Å². The van der Waals surface area contributed by atoms with Crippen LogP contribution in [-0.4, -0.2) is 6.17 Å². The molecule has 1 atom stereocenters. The minimum Gasteiger partial charge on any atom is -0.400 e. The van der Waals surface area contributed by atoms with E-state index in [-0.39, 0.29) is 12.1 Å². The van der Waals surface area contributed by atoms with Gasteiger partial charge in [-0.1, -0.05) is 0 Å². The second kappa shape index (κ2) is 2.17. The Kier molecular flexibility index (Phi) is 1.51. The quantitative estimate of drug-likeness (QED) is 0.528. The Bertz CT molecular complexity index is 172. The van der Waals surface area contributed by atoms with E-state index >= 15 is 0 Å². The van der Waals surface area contributed by atoms with Gasteiger partial charge in [0.15, 0.2) is 0 Å². The highest BCUT2D eigenvalue weighted by Crippen LogP contribution is 2.18. The standard InChI is InChI=1S/C6H7F2N/c7-4-1-2-6(9)5(8)3-4/h1-2,5H,3,9H2. The van der Waals surface area contributed by atoms with Crippen molar-refractivity contribution in [3.05, 3.63) is 23.7 Å². The molecule has 1 aliphatic rings. The van der Waals surface area contributed by atoms with Crippen LogP contribution in [0.1, 0.15) is 6.42 Å². The third-order valence-corrected chi connectivity index (χ3v) is 1.19. The summed E-state index contributed by atoms with van der Waals surface area (Å²) in [5, 5.41) is 0. The summed E-state index contributed by atoms with van der Waals surface area (Å²) < 4.78 is 24.5. The number of rotatable bonds is 0. The van der Waals surface area contributed by atoms with Crippen LogP contribution in [0.2, 0.25) is 0 Å². The molecule has 1 aliphatic carbocycles. The van der Waals surface area contributed by atoms with E-state index in [9.17, 15) is 8.78 Å². The number of halogens is 2. The molecule has 0 aromatic heterocycles. The molecule has 2 N–H and O–H groups in total. The molecule has 1 unspecified atom stereocenters. The molecule has 0 amide bonds. The van der Waals surface area contributed by atoms with Gasteiger partial charge in [0, 0.05) is 12.1 Å². The number of alkyl halides is 1. The maximum Gasteiger partial charge on any atom is 0.145 e. The van der Waals surface area contributed by atoms with Crippen LogP contribution in [0, 0.1) is 0 Å². The van der Waals surface area contributed by atoms with Gasteiger partial charge in [0.2, 0.25) is 0 Å². The SMILES string of the molecule is NC1=CC=C(F)CC1F. The number of hydrogen-bond donors (Lipinski definition) is 1. The Balaban J connectivity index is 2.74. The average Bonchev–Trinajstić information content (AvgIpc) is 1.80. The first-order valence-electron chi connectivity index (χ1n) is 2.66. The summed E-state index contributed by atoms with van der Waals surface area (Å²) in [5.74, 6) is -0.448. The summed E-state index contributed by atoms with van der Waals surface area (Å²) in [6.07, 6.45) is 0.909. The second-order valence-electron chi connectivity index (χ2n) is 1.95. The summed E-state index contributed by atoms with van der Waals surface area (Å²) in [4.78, 5) is 0. The van der Waals surface area contributed by atoms with Gasteiger partial charge in [-0.2, -0.15) is 0 Å². The van der Waals surface area contributed by atoms with E-state index in [1.165, 1.54) is 12.2 Å². The maximum absolute atomic E-state index is 12.4. The lowest BCUT2D eigenvalue weighted by Gasteiger charge is -2.09. The first kappa shape index (κ1) is 6.26. The highest BCUT2D eigenvalue weighted by Gasteiger charge is 2.14. The molecule has 0 fully saturated rings. The second-order valence-corrected chi connectivity index (χ2v) is 1.95. The fourth-order valence-corrected chi connectivity index (χ4v) is 0.648. The van der Waals surface area contributed by atoms with Gasteiger partial charge >= 0.3 is 0 Å². The zero-order valence-corrected chi connectivity index (χ0v) is 4.77. The molecule has 3 heteroatoms. The highest BCUT2D eigenvalue weighted by atomic mass is 19.1. The van der Waals surface area contributed by atoms with Crippen molar-refractivity contribution in [2.24, 2.45) is 5.73 Å². The van der Waals surface area contributed by atoms with Crippen LogP contribution in [0.3, 0.4) is 0 Å². The lowest BCUT2D eigenvalue weighted by atomic mass is 10.1. The Morgan fingerprint density at radius 1 is 1.56 bits per heavy atom. The Labute approximate surface area is 51.8 Å². The molecule has 0 aliphatic heterocycles. The van der Waals surface area contributed by atoms with Gasteiger partial charge in [-0.3, -0.25) is 0 Å². The third-order valence-electron chi connectivity index (χ3n) is 1.19. The molecular weight excluding hydrogens is 124 g/mol. The van der Waals surface area contributed by atoms with E-state index in [1.54, 1.807) is 0 Å². The molecule has 0 bridgehead atoms. The van der Waals surface area contributed by atoms with E-state index < -0.39 is 12.0 Å². The van der Waals surface area contributed by atoms with Crippen LogP contribution < -0.4 is 5.73 Å². The van der Waals surface area contributed by atoms with E-state index in [4.69, 9.17) is 5.73 Å². The summed E-state index contributed by atoms with van der Waals surface area (Å²) in [6, 6.07) is 0. The first-order valence-corrected chi connectivity index (χ1v) is 2.66. The summed E-state index contributed by atoms with van der Waals surface area (Å²) in [6.45, 7) is 0. The van der Waals surface area contributed by atoms with Crippen molar-refractivity contribution in [2.75, 3.05) is 0 Å².